The van der Waals surface area contributed by atoms with Crippen LogP contribution in [0.1, 0.15) is 33.6 Å². The summed E-state index contributed by atoms with van der Waals surface area (Å²) in [6, 6.07) is 0. The highest BCUT2D eigenvalue weighted by atomic mass is 16.3. The zero-order valence-corrected chi connectivity index (χ0v) is 8.22. The van der Waals surface area contributed by atoms with Gasteiger partial charge in [0.2, 0.25) is 0 Å². The van der Waals surface area contributed by atoms with E-state index in [0.29, 0.717) is 0 Å². The van der Waals surface area contributed by atoms with Crippen LogP contribution >= 0.6 is 0 Å². The summed E-state index contributed by atoms with van der Waals surface area (Å²) in [5, 5.41) is 9.61. The summed E-state index contributed by atoms with van der Waals surface area (Å²) in [6.07, 6.45) is 3.58. The van der Waals surface area contributed by atoms with Crippen molar-refractivity contribution in [1.82, 2.24) is 0 Å². The van der Waals surface area contributed by atoms with Crippen molar-refractivity contribution in [2.45, 2.75) is 39.7 Å². The molecule has 0 bridgehead atoms. The molecule has 1 aliphatic carbocycles. The summed E-state index contributed by atoms with van der Waals surface area (Å²) in [6.45, 7) is 10.2. The van der Waals surface area contributed by atoms with Gasteiger partial charge < -0.3 is 5.11 Å². The molecule has 0 radical (unpaired) electrons. The summed E-state index contributed by atoms with van der Waals surface area (Å²) in [4.78, 5) is 0. The quantitative estimate of drug-likeness (QED) is 0.635. The lowest BCUT2D eigenvalue weighted by molar-refractivity contribution is 0.163. The van der Waals surface area contributed by atoms with Crippen molar-refractivity contribution < 1.29 is 5.11 Å². The average molecular weight is 166 g/mol. The summed E-state index contributed by atoms with van der Waals surface area (Å²) in [7, 11) is 0. The Hall–Kier alpha value is -0.560. The lowest BCUT2D eigenvalue weighted by Gasteiger charge is -2.35. The van der Waals surface area contributed by atoms with Gasteiger partial charge in [0.15, 0.2) is 0 Å². The molecule has 0 amide bonds. The van der Waals surface area contributed by atoms with Crippen LogP contribution in [0.3, 0.4) is 0 Å². The molecule has 1 aliphatic rings. The number of hydrogen-bond acceptors (Lipinski definition) is 1. The Bertz CT molecular complexity index is 223. The lowest BCUT2D eigenvalue weighted by atomic mass is 9.72. The van der Waals surface area contributed by atoms with Gasteiger partial charge in [0.1, 0.15) is 0 Å². The highest BCUT2D eigenvalue weighted by molar-refractivity contribution is 5.33. The third kappa shape index (κ3) is 1.46. The molecular weight excluding hydrogens is 148 g/mol. The van der Waals surface area contributed by atoms with Gasteiger partial charge in [-0.3, -0.25) is 0 Å². The fraction of sp³-hybridized carbons (Fsp3) is 0.636. The first-order chi connectivity index (χ1) is 5.49. The first kappa shape index (κ1) is 9.53. The van der Waals surface area contributed by atoms with E-state index in [4.69, 9.17) is 0 Å². The second-order valence-corrected chi connectivity index (χ2v) is 4.24. The van der Waals surface area contributed by atoms with Gasteiger partial charge in [-0.15, -0.1) is 0 Å². The minimum absolute atomic E-state index is 0.199. The van der Waals surface area contributed by atoms with Crippen LogP contribution in [-0.4, -0.2) is 11.2 Å². The van der Waals surface area contributed by atoms with E-state index in [-0.39, 0.29) is 11.5 Å². The van der Waals surface area contributed by atoms with Crippen molar-refractivity contribution in [3.05, 3.63) is 23.8 Å². The summed E-state index contributed by atoms with van der Waals surface area (Å²) in [5.74, 6) is 0. The van der Waals surface area contributed by atoms with E-state index in [1.54, 1.807) is 0 Å². The fourth-order valence-electron chi connectivity index (χ4n) is 2.00. The molecule has 1 N–H and O–H groups in total. The van der Waals surface area contributed by atoms with Crippen molar-refractivity contribution >= 4 is 0 Å². The Kier molecular flexibility index (Phi) is 2.43. The zero-order chi connectivity index (χ0) is 9.35. The van der Waals surface area contributed by atoms with Crippen molar-refractivity contribution in [2.75, 3.05) is 0 Å². The minimum atomic E-state index is -0.244. The molecule has 12 heavy (non-hydrogen) atoms. The van der Waals surface area contributed by atoms with Gasteiger partial charge in [0.05, 0.1) is 6.10 Å². The van der Waals surface area contributed by atoms with Gasteiger partial charge in [-0.2, -0.15) is 0 Å². The van der Waals surface area contributed by atoms with Crippen molar-refractivity contribution in [3.63, 3.8) is 0 Å². The Labute approximate surface area is 74.8 Å². The van der Waals surface area contributed by atoms with Crippen LogP contribution in [0, 0.1) is 5.41 Å². The van der Waals surface area contributed by atoms with Gasteiger partial charge in [-0.1, -0.05) is 26.5 Å². The van der Waals surface area contributed by atoms with Gasteiger partial charge in [0.25, 0.3) is 0 Å². The number of allylic oxidation sites excluding steroid dienone is 2. The van der Waals surface area contributed by atoms with Crippen LogP contribution in [0.5, 0.6) is 0 Å². The Morgan fingerprint density at radius 2 is 2.17 bits per heavy atom. The predicted molar refractivity (Wildman–Crippen MR) is 51.9 cm³/mol. The van der Waals surface area contributed by atoms with E-state index in [1.165, 1.54) is 5.57 Å². The Balaban J connectivity index is 3.09. The maximum Gasteiger partial charge on any atom is 0.0753 e. The first-order valence-corrected chi connectivity index (χ1v) is 4.51. The van der Waals surface area contributed by atoms with E-state index in [2.05, 4.69) is 20.4 Å². The Morgan fingerprint density at radius 1 is 1.58 bits per heavy atom. The van der Waals surface area contributed by atoms with Crippen LogP contribution in [0.15, 0.2) is 23.8 Å². The smallest absolute Gasteiger partial charge is 0.0753 e. The van der Waals surface area contributed by atoms with E-state index in [0.717, 1.165) is 18.4 Å². The molecule has 0 fully saturated rings. The minimum Gasteiger partial charge on any atom is -0.389 e. The van der Waals surface area contributed by atoms with Crippen LogP contribution in [0.25, 0.3) is 0 Å². The van der Waals surface area contributed by atoms with Gasteiger partial charge in [0, 0.05) is 0 Å². The van der Waals surface area contributed by atoms with E-state index in [1.807, 2.05) is 13.0 Å². The Morgan fingerprint density at radius 3 is 2.58 bits per heavy atom. The number of aliphatic hydroxyl groups excluding tert-OH is 1. The van der Waals surface area contributed by atoms with Gasteiger partial charge in [-0.05, 0) is 36.3 Å². The molecule has 1 heteroatoms. The molecule has 0 heterocycles. The average Bonchev–Trinajstić information content (AvgIpc) is 1.99. The SMILES string of the molecule is C=CC1=C(C)[C@H](O)CCC1(C)C. The molecule has 68 valence electrons. The van der Waals surface area contributed by atoms with Crippen LogP contribution in [0.4, 0.5) is 0 Å². The topological polar surface area (TPSA) is 20.2 Å². The number of hydrogen-bond donors (Lipinski definition) is 1. The van der Waals surface area contributed by atoms with Crippen molar-refractivity contribution in [3.8, 4) is 0 Å². The summed E-state index contributed by atoms with van der Waals surface area (Å²) < 4.78 is 0. The van der Waals surface area contributed by atoms with Crippen molar-refractivity contribution in [2.24, 2.45) is 5.41 Å². The molecule has 1 nitrogen and oxygen atoms in total. The number of rotatable bonds is 1. The van der Waals surface area contributed by atoms with Crippen LogP contribution < -0.4 is 0 Å². The van der Waals surface area contributed by atoms with Crippen LogP contribution in [-0.2, 0) is 0 Å². The molecular formula is C11H18O. The van der Waals surface area contributed by atoms with E-state index < -0.39 is 0 Å². The molecule has 0 saturated heterocycles. The molecule has 1 rings (SSSR count). The molecule has 0 aromatic heterocycles. The predicted octanol–water partition coefficient (Wildman–Crippen LogP) is 2.67. The highest BCUT2D eigenvalue weighted by Gasteiger charge is 2.30. The van der Waals surface area contributed by atoms with E-state index >= 15 is 0 Å². The first-order valence-electron chi connectivity index (χ1n) is 4.51. The monoisotopic (exact) mass is 166 g/mol. The third-order valence-corrected chi connectivity index (χ3v) is 2.90. The maximum absolute atomic E-state index is 9.61. The molecule has 0 unspecified atom stereocenters. The van der Waals surface area contributed by atoms with E-state index in [9.17, 15) is 5.11 Å². The molecule has 0 aromatic rings. The molecule has 0 spiro atoms. The lowest BCUT2D eigenvalue weighted by Crippen LogP contribution is -2.26. The fourth-order valence-corrected chi connectivity index (χ4v) is 2.00. The summed E-state index contributed by atoms with van der Waals surface area (Å²) in [5.41, 5.74) is 2.52. The molecule has 0 aliphatic heterocycles. The second-order valence-electron chi connectivity index (χ2n) is 4.24. The van der Waals surface area contributed by atoms with Crippen LogP contribution in [0.2, 0.25) is 0 Å². The molecule has 0 aromatic carbocycles. The van der Waals surface area contributed by atoms with Gasteiger partial charge >= 0.3 is 0 Å². The largest absolute Gasteiger partial charge is 0.389 e. The standard InChI is InChI=1S/C11H18O/c1-5-9-8(2)10(12)6-7-11(9,3)4/h5,10,12H,1,6-7H2,2-4H3/t10-/m1/s1. The second kappa shape index (κ2) is 3.06. The zero-order valence-electron chi connectivity index (χ0n) is 8.22. The highest BCUT2D eigenvalue weighted by Crippen LogP contribution is 2.40. The maximum atomic E-state index is 9.61. The molecule has 1 atom stereocenters. The molecule has 0 saturated carbocycles. The third-order valence-electron chi connectivity index (χ3n) is 2.90. The van der Waals surface area contributed by atoms with Crippen molar-refractivity contribution in [1.29, 1.82) is 0 Å². The van der Waals surface area contributed by atoms with Gasteiger partial charge in [-0.25, -0.2) is 0 Å². The summed E-state index contributed by atoms with van der Waals surface area (Å²) >= 11 is 0. The number of aliphatic hydroxyl groups is 1. The normalized spacial score (nSPS) is 28.8.